The Morgan fingerprint density at radius 3 is 2.67 bits per heavy atom. The highest BCUT2D eigenvalue weighted by Crippen LogP contribution is 2.28. The smallest absolute Gasteiger partial charge is 0.208 e. The predicted molar refractivity (Wildman–Crippen MR) is 95.2 cm³/mol. The van der Waals surface area contributed by atoms with E-state index in [4.69, 9.17) is 5.26 Å². The zero-order valence-electron chi connectivity index (χ0n) is 13.4. The van der Waals surface area contributed by atoms with Crippen molar-refractivity contribution in [3.05, 3.63) is 59.8 Å². The van der Waals surface area contributed by atoms with E-state index in [1.54, 1.807) is 6.07 Å². The van der Waals surface area contributed by atoms with Gasteiger partial charge in [-0.3, -0.25) is 4.98 Å². The van der Waals surface area contributed by atoms with Gasteiger partial charge in [0, 0.05) is 18.1 Å². The molecule has 0 aliphatic heterocycles. The standard InChI is InChI=1S/C19H15N5/c1-12-9-17(14-10-13(11-20)7-8-15(14)21-12)23-19-22-16-5-3-4-6-18(16)24(19)2/h3-10H,1-2H3,(H,21,22,23). The SMILES string of the molecule is Cc1cc(Nc2nc3ccccc3n2C)c2cc(C#N)ccc2n1. The van der Waals surface area contributed by atoms with E-state index in [0.717, 1.165) is 39.3 Å². The van der Waals surface area contributed by atoms with Crippen LogP contribution in [-0.2, 0) is 7.05 Å². The normalized spacial score (nSPS) is 10.9. The van der Waals surface area contributed by atoms with Gasteiger partial charge < -0.3 is 9.88 Å². The van der Waals surface area contributed by atoms with Crippen LogP contribution in [0.4, 0.5) is 11.6 Å². The number of anilines is 2. The molecule has 0 aliphatic carbocycles. The molecular formula is C19H15N5. The molecule has 0 spiro atoms. The third-order valence-corrected chi connectivity index (χ3v) is 4.10. The number of aromatic nitrogens is 3. The molecule has 0 atom stereocenters. The number of aryl methyl sites for hydroxylation is 2. The average Bonchev–Trinajstić information content (AvgIpc) is 2.91. The van der Waals surface area contributed by atoms with Crippen molar-refractivity contribution >= 4 is 33.6 Å². The number of rotatable bonds is 2. The molecule has 0 fully saturated rings. The Bertz CT molecular complexity index is 1120. The monoisotopic (exact) mass is 313 g/mol. The van der Waals surface area contributed by atoms with Gasteiger partial charge in [-0.2, -0.15) is 5.26 Å². The van der Waals surface area contributed by atoms with Gasteiger partial charge in [0.25, 0.3) is 0 Å². The van der Waals surface area contributed by atoms with Gasteiger partial charge in [-0.15, -0.1) is 0 Å². The van der Waals surface area contributed by atoms with Crippen molar-refractivity contribution in [1.82, 2.24) is 14.5 Å². The van der Waals surface area contributed by atoms with Crippen LogP contribution >= 0.6 is 0 Å². The fraction of sp³-hybridized carbons (Fsp3) is 0.105. The number of nitrogens with zero attached hydrogens (tertiary/aromatic N) is 4. The van der Waals surface area contributed by atoms with Gasteiger partial charge in [-0.1, -0.05) is 12.1 Å². The average molecular weight is 313 g/mol. The second-order valence-electron chi connectivity index (χ2n) is 5.76. The van der Waals surface area contributed by atoms with Crippen LogP contribution in [0.2, 0.25) is 0 Å². The molecule has 5 nitrogen and oxygen atoms in total. The Morgan fingerprint density at radius 2 is 1.88 bits per heavy atom. The van der Waals surface area contributed by atoms with Gasteiger partial charge >= 0.3 is 0 Å². The molecule has 0 bridgehead atoms. The van der Waals surface area contributed by atoms with E-state index in [9.17, 15) is 0 Å². The number of imidazole rings is 1. The first-order valence-corrected chi connectivity index (χ1v) is 7.66. The van der Waals surface area contributed by atoms with Gasteiger partial charge in [0.15, 0.2) is 0 Å². The summed E-state index contributed by atoms with van der Waals surface area (Å²) in [7, 11) is 1.98. The first-order valence-electron chi connectivity index (χ1n) is 7.66. The van der Waals surface area contributed by atoms with Gasteiger partial charge in [-0.25, -0.2) is 4.98 Å². The van der Waals surface area contributed by atoms with E-state index in [1.165, 1.54) is 0 Å². The van der Waals surface area contributed by atoms with Crippen LogP contribution in [0, 0.1) is 18.3 Å². The minimum Gasteiger partial charge on any atom is -0.325 e. The fourth-order valence-corrected chi connectivity index (χ4v) is 2.91. The molecule has 5 heteroatoms. The largest absolute Gasteiger partial charge is 0.325 e. The number of fused-ring (bicyclic) bond motifs is 2. The topological polar surface area (TPSA) is 66.5 Å². The Balaban J connectivity index is 1.89. The van der Waals surface area contributed by atoms with E-state index in [0.29, 0.717) is 5.56 Å². The molecule has 2 aromatic heterocycles. The molecule has 4 aromatic rings. The first kappa shape index (κ1) is 14.2. The first-order chi connectivity index (χ1) is 11.7. The maximum Gasteiger partial charge on any atom is 0.208 e. The number of para-hydroxylation sites is 2. The zero-order valence-corrected chi connectivity index (χ0v) is 13.4. The third-order valence-electron chi connectivity index (χ3n) is 4.10. The minimum absolute atomic E-state index is 0.612. The number of pyridine rings is 1. The van der Waals surface area contributed by atoms with Crippen molar-refractivity contribution in [2.75, 3.05) is 5.32 Å². The number of hydrogen-bond acceptors (Lipinski definition) is 4. The number of hydrogen-bond donors (Lipinski definition) is 1. The van der Waals surface area contributed by atoms with Crippen molar-refractivity contribution < 1.29 is 0 Å². The molecular weight excluding hydrogens is 298 g/mol. The van der Waals surface area contributed by atoms with E-state index in [2.05, 4.69) is 21.4 Å². The van der Waals surface area contributed by atoms with Crippen molar-refractivity contribution in [1.29, 1.82) is 5.26 Å². The molecule has 0 unspecified atom stereocenters. The Kier molecular flexibility index (Phi) is 3.17. The van der Waals surface area contributed by atoms with Gasteiger partial charge in [0.05, 0.1) is 33.9 Å². The van der Waals surface area contributed by atoms with E-state index in [-0.39, 0.29) is 0 Å². The highest BCUT2D eigenvalue weighted by Gasteiger charge is 2.10. The summed E-state index contributed by atoms with van der Waals surface area (Å²) in [6, 6.07) is 17.7. The number of benzene rings is 2. The van der Waals surface area contributed by atoms with Gasteiger partial charge in [0.1, 0.15) is 0 Å². The summed E-state index contributed by atoms with van der Waals surface area (Å²) in [6.07, 6.45) is 0. The maximum absolute atomic E-state index is 9.16. The molecule has 0 amide bonds. The third kappa shape index (κ3) is 2.25. The summed E-state index contributed by atoms with van der Waals surface area (Å²) in [5, 5.41) is 13.5. The summed E-state index contributed by atoms with van der Waals surface area (Å²) in [6.45, 7) is 1.96. The number of nitrogens with one attached hydrogen (secondary N) is 1. The van der Waals surface area contributed by atoms with Crippen molar-refractivity contribution in [3.8, 4) is 6.07 Å². The lowest BCUT2D eigenvalue weighted by atomic mass is 10.1. The van der Waals surface area contributed by atoms with Crippen LogP contribution in [0.25, 0.3) is 21.9 Å². The molecule has 0 saturated heterocycles. The molecule has 1 N–H and O–H groups in total. The quantitative estimate of drug-likeness (QED) is 0.606. The van der Waals surface area contributed by atoms with Crippen LogP contribution in [0.5, 0.6) is 0 Å². The fourth-order valence-electron chi connectivity index (χ4n) is 2.91. The summed E-state index contributed by atoms with van der Waals surface area (Å²) in [5.41, 5.74) is 5.28. The minimum atomic E-state index is 0.612. The van der Waals surface area contributed by atoms with Crippen molar-refractivity contribution in [2.24, 2.45) is 7.05 Å². The van der Waals surface area contributed by atoms with Gasteiger partial charge in [0.2, 0.25) is 5.95 Å². The van der Waals surface area contributed by atoms with Crippen molar-refractivity contribution in [2.45, 2.75) is 6.92 Å². The van der Waals surface area contributed by atoms with Crippen LogP contribution < -0.4 is 5.32 Å². The summed E-state index contributed by atoms with van der Waals surface area (Å²) >= 11 is 0. The highest BCUT2D eigenvalue weighted by atomic mass is 15.2. The molecule has 0 radical (unpaired) electrons. The number of nitriles is 1. The molecule has 2 heterocycles. The zero-order chi connectivity index (χ0) is 16.7. The maximum atomic E-state index is 9.16. The van der Waals surface area contributed by atoms with E-state index >= 15 is 0 Å². The van der Waals surface area contributed by atoms with Crippen LogP contribution in [-0.4, -0.2) is 14.5 Å². The Hall–Kier alpha value is -3.39. The summed E-state index contributed by atoms with van der Waals surface area (Å²) in [5.74, 6) is 0.755. The van der Waals surface area contributed by atoms with E-state index < -0.39 is 0 Å². The molecule has 116 valence electrons. The molecule has 0 saturated carbocycles. The van der Waals surface area contributed by atoms with E-state index in [1.807, 2.05) is 61.0 Å². The summed E-state index contributed by atoms with van der Waals surface area (Å²) < 4.78 is 2.02. The predicted octanol–water partition coefficient (Wildman–Crippen LogP) is 4.05. The van der Waals surface area contributed by atoms with Crippen LogP contribution in [0.15, 0.2) is 48.5 Å². The second kappa shape index (κ2) is 5.36. The lowest BCUT2D eigenvalue weighted by molar-refractivity contribution is 0.958. The lowest BCUT2D eigenvalue weighted by Gasteiger charge is -2.11. The summed E-state index contributed by atoms with van der Waals surface area (Å²) in [4.78, 5) is 9.19. The second-order valence-corrected chi connectivity index (χ2v) is 5.76. The molecule has 4 rings (SSSR count). The highest BCUT2D eigenvalue weighted by molar-refractivity contribution is 5.94. The van der Waals surface area contributed by atoms with Crippen LogP contribution in [0.3, 0.4) is 0 Å². The Morgan fingerprint density at radius 1 is 1.04 bits per heavy atom. The molecule has 2 aromatic carbocycles. The molecule has 0 aliphatic rings. The lowest BCUT2D eigenvalue weighted by Crippen LogP contribution is -2.01. The Labute approximate surface area is 139 Å². The van der Waals surface area contributed by atoms with Crippen molar-refractivity contribution in [3.63, 3.8) is 0 Å². The van der Waals surface area contributed by atoms with Crippen LogP contribution in [0.1, 0.15) is 11.3 Å². The molecule has 24 heavy (non-hydrogen) atoms. The van der Waals surface area contributed by atoms with Gasteiger partial charge in [-0.05, 0) is 43.3 Å².